The normalized spacial score (nSPS) is 14.9. The smallest absolute Gasteiger partial charge is 0.148 e. The van der Waals surface area contributed by atoms with Crippen molar-refractivity contribution in [3.05, 3.63) is 35.9 Å². The third-order valence-electron chi connectivity index (χ3n) is 3.34. The molecular weight excluding hydrogens is 270 g/mol. The zero-order chi connectivity index (χ0) is 15.0. The Hall–Kier alpha value is -0.870. The molecule has 114 valence electrons. The van der Waals surface area contributed by atoms with E-state index in [1.807, 2.05) is 25.1 Å². The first-order chi connectivity index (χ1) is 9.42. The van der Waals surface area contributed by atoms with Gasteiger partial charge in [0.15, 0.2) is 0 Å². The van der Waals surface area contributed by atoms with Crippen LogP contribution in [0.1, 0.15) is 51.1 Å². The summed E-state index contributed by atoms with van der Waals surface area (Å²) in [6.07, 6.45) is 5.91. The molecule has 1 rings (SSSR count). The van der Waals surface area contributed by atoms with Gasteiger partial charge in [0, 0.05) is 18.3 Å². The van der Waals surface area contributed by atoms with Crippen molar-refractivity contribution < 1.29 is 8.42 Å². The van der Waals surface area contributed by atoms with E-state index in [0.29, 0.717) is 0 Å². The summed E-state index contributed by atoms with van der Waals surface area (Å²) in [7, 11) is -2.94. The number of sulfone groups is 1. The minimum Gasteiger partial charge on any atom is -0.306 e. The molecule has 1 aromatic carbocycles. The molecule has 20 heavy (non-hydrogen) atoms. The molecule has 1 aromatic rings. The van der Waals surface area contributed by atoms with Crippen molar-refractivity contribution in [1.82, 2.24) is 5.32 Å². The van der Waals surface area contributed by atoms with Gasteiger partial charge in [-0.2, -0.15) is 0 Å². The van der Waals surface area contributed by atoms with Crippen molar-refractivity contribution in [2.45, 2.75) is 51.6 Å². The quantitative estimate of drug-likeness (QED) is 0.711. The van der Waals surface area contributed by atoms with E-state index in [-0.39, 0.29) is 17.8 Å². The second-order valence-electron chi connectivity index (χ2n) is 5.62. The highest BCUT2D eigenvalue weighted by Gasteiger charge is 2.16. The van der Waals surface area contributed by atoms with Crippen LogP contribution in [0.25, 0.3) is 0 Å². The Morgan fingerprint density at radius 2 is 1.80 bits per heavy atom. The Morgan fingerprint density at radius 1 is 1.15 bits per heavy atom. The van der Waals surface area contributed by atoms with Crippen LogP contribution in [0.15, 0.2) is 30.3 Å². The molecule has 0 aliphatic heterocycles. The molecule has 1 N–H and O–H groups in total. The second kappa shape index (κ2) is 8.42. The van der Waals surface area contributed by atoms with E-state index in [1.165, 1.54) is 24.7 Å². The Bertz CT molecular complexity index is 471. The molecule has 2 unspecified atom stereocenters. The van der Waals surface area contributed by atoms with Crippen molar-refractivity contribution in [1.29, 1.82) is 0 Å². The maximum absolute atomic E-state index is 11.4. The first-order valence-corrected chi connectivity index (χ1v) is 9.47. The molecule has 0 bridgehead atoms. The standard InChI is InChI=1S/C16H27NO2S/c1-4-5-7-12-16(15-10-8-6-9-11-15)17-14(2)13-20(3,18)19/h6,8-11,14,16-17H,4-5,7,12-13H2,1-3H3. The lowest BCUT2D eigenvalue weighted by atomic mass is 10.00. The molecule has 0 heterocycles. The predicted octanol–water partition coefficient (Wildman–Crippen LogP) is 3.33. The van der Waals surface area contributed by atoms with Gasteiger partial charge >= 0.3 is 0 Å². The van der Waals surface area contributed by atoms with E-state index < -0.39 is 9.84 Å². The average molecular weight is 297 g/mol. The molecule has 0 aliphatic carbocycles. The van der Waals surface area contributed by atoms with E-state index in [0.717, 1.165) is 12.8 Å². The number of unbranched alkanes of at least 4 members (excludes halogenated alkanes) is 2. The maximum atomic E-state index is 11.4. The summed E-state index contributed by atoms with van der Waals surface area (Å²) in [5, 5.41) is 3.47. The van der Waals surface area contributed by atoms with Gasteiger partial charge in [-0.1, -0.05) is 56.5 Å². The van der Waals surface area contributed by atoms with Crippen LogP contribution >= 0.6 is 0 Å². The molecule has 2 atom stereocenters. The lowest BCUT2D eigenvalue weighted by Gasteiger charge is -2.23. The molecule has 0 aliphatic rings. The van der Waals surface area contributed by atoms with E-state index in [4.69, 9.17) is 0 Å². The highest BCUT2D eigenvalue weighted by molar-refractivity contribution is 7.90. The minimum atomic E-state index is -2.94. The molecule has 0 fully saturated rings. The van der Waals surface area contributed by atoms with Crippen molar-refractivity contribution in [2.75, 3.05) is 12.0 Å². The molecule has 0 saturated heterocycles. The second-order valence-corrected chi connectivity index (χ2v) is 7.80. The molecule has 0 saturated carbocycles. The fourth-order valence-corrected chi connectivity index (χ4v) is 3.48. The van der Waals surface area contributed by atoms with E-state index in [1.54, 1.807) is 0 Å². The van der Waals surface area contributed by atoms with Gasteiger partial charge < -0.3 is 5.32 Å². The molecule has 0 radical (unpaired) electrons. The third kappa shape index (κ3) is 7.06. The molecule has 0 amide bonds. The van der Waals surface area contributed by atoms with Crippen LogP contribution in [0.2, 0.25) is 0 Å². The van der Waals surface area contributed by atoms with Gasteiger partial charge in [-0.05, 0) is 18.9 Å². The van der Waals surface area contributed by atoms with Gasteiger partial charge in [0.05, 0.1) is 5.75 Å². The van der Waals surface area contributed by atoms with Crippen molar-refractivity contribution in [3.8, 4) is 0 Å². The Morgan fingerprint density at radius 3 is 2.35 bits per heavy atom. The number of hydrogen-bond acceptors (Lipinski definition) is 3. The van der Waals surface area contributed by atoms with Gasteiger partial charge in [-0.3, -0.25) is 0 Å². The van der Waals surface area contributed by atoms with Crippen molar-refractivity contribution >= 4 is 9.84 Å². The highest BCUT2D eigenvalue weighted by Crippen LogP contribution is 2.20. The number of benzene rings is 1. The Labute approximate surface area is 123 Å². The first kappa shape index (κ1) is 17.2. The summed E-state index contributed by atoms with van der Waals surface area (Å²) < 4.78 is 22.8. The summed E-state index contributed by atoms with van der Waals surface area (Å²) >= 11 is 0. The Balaban J connectivity index is 2.67. The van der Waals surface area contributed by atoms with Crippen LogP contribution in [0, 0.1) is 0 Å². The highest BCUT2D eigenvalue weighted by atomic mass is 32.2. The zero-order valence-electron chi connectivity index (χ0n) is 12.8. The molecular formula is C16H27NO2S. The summed E-state index contributed by atoms with van der Waals surface area (Å²) in [6, 6.07) is 10.5. The molecule has 3 nitrogen and oxygen atoms in total. The fourth-order valence-electron chi connectivity index (χ4n) is 2.48. The maximum Gasteiger partial charge on any atom is 0.148 e. The largest absolute Gasteiger partial charge is 0.306 e. The first-order valence-electron chi connectivity index (χ1n) is 7.41. The molecule has 4 heteroatoms. The lowest BCUT2D eigenvalue weighted by molar-refractivity contribution is 0.435. The predicted molar refractivity (Wildman–Crippen MR) is 85.6 cm³/mol. The lowest BCUT2D eigenvalue weighted by Crippen LogP contribution is -2.35. The van der Waals surface area contributed by atoms with Crippen LogP contribution in [-0.2, 0) is 9.84 Å². The summed E-state index contributed by atoms with van der Waals surface area (Å²) in [5.41, 5.74) is 1.24. The average Bonchev–Trinajstić information content (AvgIpc) is 2.37. The Kier molecular flexibility index (Phi) is 7.24. The van der Waals surface area contributed by atoms with E-state index in [2.05, 4.69) is 24.4 Å². The minimum absolute atomic E-state index is 0.0307. The molecule has 0 aromatic heterocycles. The van der Waals surface area contributed by atoms with Gasteiger partial charge in [0.25, 0.3) is 0 Å². The van der Waals surface area contributed by atoms with Crippen molar-refractivity contribution in [3.63, 3.8) is 0 Å². The van der Waals surface area contributed by atoms with Gasteiger partial charge in [-0.25, -0.2) is 8.42 Å². The van der Waals surface area contributed by atoms with E-state index in [9.17, 15) is 8.42 Å². The topological polar surface area (TPSA) is 46.2 Å². The van der Waals surface area contributed by atoms with Gasteiger partial charge in [0.2, 0.25) is 0 Å². The number of rotatable bonds is 9. The summed E-state index contributed by atoms with van der Waals surface area (Å²) in [4.78, 5) is 0. The monoisotopic (exact) mass is 297 g/mol. The van der Waals surface area contributed by atoms with Crippen LogP contribution in [-0.4, -0.2) is 26.5 Å². The van der Waals surface area contributed by atoms with Gasteiger partial charge in [-0.15, -0.1) is 0 Å². The van der Waals surface area contributed by atoms with Crippen LogP contribution in [0.4, 0.5) is 0 Å². The van der Waals surface area contributed by atoms with Crippen LogP contribution in [0.3, 0.4) is 0 Å². The third-order valence-corrected chi connectivity index (χ3v) is 4.44. The van der Waals surface area contributed by atoms with E-state index >= 15 is 0 Å². The number of nitrogens with one attached hydrogen (secondary N) is 1. The summed E-state index contributed by atoms with van der Waals surface area (Å²) in [5.74, 6) is 0.185. The van der Waals surface area contributed by atoms with Crippen LogP contribution < -0.4 is 5.32 Å². The SMILES string of the molecule is CCCCCC(NC(C)CS(C)(=O)=O)c1ccccc1. The molecule has 0 spiro atoms. The summed E-state index contributed by atoms with van der Waals surface area (Å²) in [6.45, 7) is 4.13. The van der Waals surface area contributed by atoms with Gasteiger partial charge in [0.1, 0.15) is 9.84 Å². The number of hydrogen-bond donors (Lipinski definition) is 1. The fraction of sp³-hybridized carbons (Fsp3) is 0.625. The van der Waals surface area contributed by atoms with Crippen molar-refractivity contribution in [2.24, 2.45) is 0 Å². The zero-order valence-corrected chi connectivity index (χ0v) is 13.6. The van der Waals surface area contributed by atoms with Crippen LogP contribution in [0.5, 0.6) is 0 Å².